The largest absolute Gasteiger partial charge is 0.871 e. The summed E-state index contributed by atoms with van der Waals surface area (Å²) in [4.78, 5) is 47.9. The first-order chi connectivity index (χ1) is 31.3. The van der Waals surface area contributed by atoms with Crippen molar-refractivity contribution in [2.75, 3.05) is 0 Å². The number of hydrogen-bond acceptors (Lipinski definition) is 11. The van der Waals surface area contributed by atoms with E-state index < -0.39 is 4.92 Å². The van der Waals surface area contributed by atoms with E-state index in [0.29, 0.717) is 29.0 Å². The average molecular weight is 857 g/mol. The summed E-state index contributed by atoms with van der Waals surface area (Å²) in [6.07, 6.45) is 11.3. The first-order valence-corrected chi connectivity index (χ1v) is 22.0. The standard InChI is InChI=1S/C21H16N4O3.C17H15N3.C15H16N2/c1-10-5-14-7-12-3-4-13-8-15-16(25(27)28)6-11(2)20(26)19(15)23-17(13)18(12)24-21(14)22-9-10;1-10-7-14-8-13-6-5-12-4-3-11(2)19-15(12)16(13)20-17(14)18-9-10;1-9-8-16-15-13(11(9)3)7-6-12-5-4-10(2)17-14(12)15/h5-9,26H,3-4H2,1-2H3;3-4,7-9H,5-6H2,1-2H3;4-5,8H,6-7H2,1-3H3/p-1. The molecule has 0 amide bonds. The van der Waals surface area contributed by atoms with E-state index in [2.05, 4.69) is 93.1 Å². The molecule has 9 aromatic rings. The van der Waals surface area contributed by atoms with E-state index in [9.17, 15) is 15.2 Å². The fourth-order valence-corrected chi connectivity index (χ4v) is 9.28. The molecule has 12 rings (SSSR count). The monoisotopic (exact) mass is 856 g/mol. The van der Waals surface area contributed by atoms with E-state index in [-0.39, 0.29) is 22.3 Å². The van der Waals surface area contributed by atoms with Gasteiger partial charge in [-0.15, -0.1) is 0 Å². The number of non-ortho nitro benzene ring substituents is 1. The third-order valence-corrected chi connectivity index (χ3v) is 12.9. The van der Waals surface area contributed by atoms with Crippen molar-refractivity contribution in [2.45, 2.75) is 87.0 Å². The van der Waals surface area contributed by atoms with Gasteiger partial charge in [0.2, 0.25) is 0 Å². The zero-order chi connectivity index (χ0) is 45.3. The molecule has 8 aromatic heterocycles. The molecule has 0 atom stereocenters. The van der Waals surface area contributed by atoms with E-state index in [0.717, 1.165) is 99.4 Å². The number of fused-ring (bicyclic) bond motifs is 12. The van der Waals surface area contributed by atoms with Crippen LogP contribution in [0.4, 0.5) is 5.69 Å². The van der Waals surface area contributed by atoms with Crippen molar-refractivity contribution in [2.24, 2.45) is 0 Å². The van der Waals surface area contributed by atoms with Crippen molar-refractivity contribution in [3.05, 3.63) is 162 Å². The summed E-state index contributed by atoms with van der Waals surface area (Å²) in [6, 6.07) is 20.1. The normalized spacial score (nSPS) is 13.0. The maximum atomic E-state index is 12.6. The van der Waals surface area contributed by atoms with Gasteiger partial charge < -0.3 is 5.11 Å². The van der Waals surface area contributed by atoms with Crippen LogP contribution in [0.25, 0.3) is 67.1 Å². The molecule has 0 fully saturated rings. The van der Waals surface area contributed by atoms with Crippen molar-refractivity contribution in [3.8, 4) is 39.9 Å². The Morgan fingerprint density at radius 3 is 1.55 bits per heavy atom. The molecule has 0 saturated carbocycles. The lowest BCUT2D eigenvalue weighted by Crippen LogP contribution is -2.10. The molecule has 0 N–H and O–H groups in total. The second-order valence-electron chi connectivity index (χ2n) is 17.6. The zero-order valence-corrected chi connectivity index (χ0v) is 37.5. The molecular formula is C53H46N9O3-. The number of aryl methyl sites for hydroxylation is 11. The molecule has 8 heterocycles. The smallest absolute Gasteiger partial charge is 0.278 e. The van der Waals surface area contributed by atoms with Crippen LogP contribution in [0, 0.1) is 58.6 Å². The SMILES string of the molecule is Cc1ccc2c(n1)-c1ncc(C)c(C)c1CC2.Cc1cnc2nc3c(cc2c1)CCc1cc2c([N+](=O)[O-])cc(C)c([O-])c2nc1-3.Cc1cnc2nc3c(cc2c1)CCc1ccc(C)nc1-3. The van der Waals surface area contributed by atoms with Crippen molar-refractivity contribution in [1.29, 1.82) is 0 Å². The molecule has 0 radical (unpaired) electrons. The first kappa shape index (κ1) is 41.4. The zero-order valence-electron chi connectivity index (χ0n) is 37.5. The molecule has 0 saturated heterocycles. The Balaban J connectivity index is 0.000000119. The number of aromatic nitrogens is 8. The minimum atomic E-state index is -0.461. The predicted molar refractivity (Wildman–Crippen MR) is 252 cm³/mol. The molecule has 0 unspecified atom stereocenters. The Kier molecular flexibility index (Phi) is 10.3. The summed E-state index contributed by atoms with van der Waals surface area (Å²) in [5.41, 5.74) is 21.6. The topological polar surface area (TPSA) is 169 Å². The minimum absolute atomic E-state index is 0.0863. The summed E-state index contributed by atoms with van der Waals surface area (Å²) < 4.78 is 0. The van der Waals surface area contributed by atoms with Crippen LogP contribution in [0.2, 0.25) is 0 Å². The van der Waals surface area contributed by atoms with Crippen LogP contribution in [0.5, 0.6) is 5.75 Å². The highest BCUT2D eigenvalue weighted by molar-refractivity contribution is 5.96. The molecule has 1 aromatic carbocycles. The molecule has 3 aliphatic carbocycles. The summed E-state index contributed by atoms with van der Waals surface area (Å²) in [6.45, 7) is 14.0. The van der Waals surface area contributed by atoms with Crippen molar-refractivity contribution >= 4 is 38.7 Å². The van der Waals surface area contributed by atoms with Gasteiger partial charge in [-0.1, -0.05) is 23.4 Å². The van der Waals surface area contributed by atoms with Crippen LogP contribution in [0.15, 0.2) is 79.3 Å². The number of nitrogens with zero attached hydrogens (tertiary/aromatic N) is 9. The highest BCUT2D eigenvalue weighted by Gasteiger charge is 2.25. The number of rotatable bonds is 1. The average Bonchev–Trinajstić information content (AvgIpc) is 3.29. The summed E-state index contributed by atoms with van der Waals surface area (Å²) in [5, 5.41) is 26.5. The van der Waals surface area contributed by atoms with Gasteiger partial charge in [0.15, 0.2) is 11.3 Å². The van der Waals surface area contributed by atoms with Gasteiger partial charge in [-0.25, -0.2) is 24.9 Å². The Morgan fingerprint density at radius 1 is 0.492 bits per heavy atom. The van der Waals surface area contributed by atoms with Crippen LogP contribution in [0.3, 0.4) is 0 Å². The van der Waals surface area contributed by atoms with E-state index in [1.165, 1.54) is 45.0 Å². The van der Waals surface area contributed by atoms with Crippen molar-refractivity contribution in [3.63, 3.8) is 0 Å². The number of hydrogen-bond donors (Lipinski definition) is 0. The molecule has 0 bridgehead atoms. The fourth-order valence-electron chi connectivity index (χ4n) is 9.28. The van der Waals surface area contributed by atoms with Gasteiger partial charge in [0.1, 0.15) is 0 Å². The van der Waals surface area contributed by atoms with E-state index in [1.54, 1.807) is 19.2 Å². The van der Waals surface area contributed by atoms with Gasteiger partial charge in [0.05, 0.1) is 50.0 Å². The molecule has 322 valence electrons. The maximum absolute atomic E-state index is 12.6. The van der Waals surface area contributed by atoms with Crippen LogP contribution < -0.4 is 5.11 Å². The van der Waals surface area contributed by atoms with E-state index in [1.807, 2.05) is 39.2 Å². The lowest BCUT2D eigenvalue weighted by Gasteiger charge is -2.21. The lowest BCUT2D eigenvalue weighted by molar-refractivity contribution is -0.383. The van der Waals surface area contributed by atoms with Crippen LogP contribution in [-0.2, 0) is 38.5 Å². The van der Waals surface area contributed by atoms with Gasteiger partial charge in [0.25, 0.3) is 5.69 Å². The predicted octanol–water partition coefficient (Wildman–Crippen LogP) is 10.1. The first-order valence-electron chi connectivity index (χ1n) is 22.0. The minimum Gasteiger partial charge on any atom is -0.871 e. The van der Waals surface area contributed by atoms with Crippen LogP contribution in [-0.4, -0.2) is 44.8 Å². The van der Waals surface area contributed by atoms with Crippen molar-refractivity contribution < 1.29 is 10.0 Å². The van der Waals surface area contributed by atoms with Gasteiger partial charge in [-0.3, -0.25) is 25.1 Å². The molecular weight excluding hydrogens is 811 g/mol. The summed E-state index contributed by atoms with van der Waals surface area (Å²) in [5.74, 6) is -0.287. The van der Waals surface area contributed by atoms with E-state index >= 15 is 0 Å². The third-order valence-electron chi connectivity index (χ3n) is 12.9. The van der Waals surface area contributed by atoms with Crippen LogP contribution >= 0.6 is 0 Å². The lowest BCUT2D eigenvalue weighted by atomic mass is 9.88. The number of pyridine rings is 8. The second-order valence-corrected chi connectivity index (χ2v) is 17.6. The third kappa shape index (κ3) is 7.58. The van der Waals surface area contributed by atoms with Gasteiger partial charge >= 0.3 is 0 Å². The molecule has 12 nitrogen and oxygen atoms in total. The van der Waals surface area contributed by atoms with Gasteiger partial charge in [0, 0.05) is 46.8 Å². The molecule has 0 spiro atoms. The quantitative estimate of drug-likeness (QED) is 0.114. The fraction of sp³-hybridized carbons (Fsp3) is 0.245. The van der Waals surface area contributed by atoms with Crippen molar-refractivity contribution in [1.82, 2.24) is 39.9 Å². The van der Waals surface area contributed by atoms with Gasteiger partial charge in [-0.05, 0) is 185 Å². The molecule has 12 heteroatoms. The summed E-state index contributed by atoms with van der Waals surface area (Å²) >= 11 is 0. The Bertz CT molecular complexity index is 3480. The number of benzene rings is 1. The summed E-state index contributed by atoms with van der Waals surface area (Å²) in [7, 11) is 0. The number of nitro groups is 1. The molecule has 65 heavy (non-hydrogen) atoms. The highest BCUT2D eigenvalue weighted by Crippen LogP contribution is 2.40. The Morgan fingerprint density at radius 2 is 0.985 bits per heavy atom. The van der Waals surface area contributed by atoms with E-state index in [4.69, 9.17) is 9.97 Å². The highest BCUT2D eigenvalue weighted by atomic mass is 16.6. The van der Waals surface area contributed by atoms with Crippen LogP contribution in [0.1, 0.15) is 72.6 Å². The second kappa shape index (κ2) is 16.2. The molecule has 0 aliphatic heterocycles. The Labute approximate surface area is 376 Å². The number of nitro benzene ring substituents is 1. The van der Waals surface area contributed by atoms with Gasteiger partial charge in [-0.2, -0.15) is 0 Å². The molecule has 3 aliphatic rings. The maximum Gasteiger partial charge on any atom is 0.278 e. The Hall–Kier alpha value is -7.60.